The molecule has 2 rings (SSSR count). The topological polar surface area (TPSA) is 65.7 Å². The quantitative estimate of drug-likeness (QED) is 0.792. The molecule has 5 nitrogen and oxygen atoms in total. The van der Waals surface area contributed by atoms with E-state index in [2.05, 4.69) is 0 Å². The second kappa shape index (κ2) is 5.50. The molecule has 18 heavy (non-hydrogen) atoms. The molecule has 0 N–H and O–H groups in total. The molecule has 0 saturated carbocycles. The van der Waals surface area contributed by atoms with Crippen molar-refractivity contribution >= 4 is 17.3 Å². The molecule has 0 aromatic carbocycles. The Bertz CT molecular complexity index is 585. The van der Waals surface area contributed by atoms with Crippen LogP contribution in [-0.2, 0) is 11.3 Å². The highest BCUT2D eigenvalue weighted by Crippen LogP contribution is 2.12. The Morgan fingerprint density at radius 1 is 1.50 bits per heavy atom. The van der Waals surface area contributed by atoms with Gasteiger partial charge < -0.3 is 13.9 Å². The molecule has 0 amide bonds. The van der Waals surface area contributed by atoms with Crippen molar-refractivity contribution in [1.82, 2.24) is 0 Å². The van der Waals surface area contributed by atoms with Gasteiger partial charge in [0.1, 0.15) is 23.5 Å². The van der Waals surface area contributed by atoms with Gasteiger partial charge in [-0.2, -0.15) is 0 Å². The van der Waals surface area contributed by atoms with Crippen LogP contribution in [0.25, 0.3) is 0 Å². The summed E-state index contributed by atoms with van der Waals surface area (Å²) in [6.45, 7) is -0.0873. The molecule has 6 heteroatoms. The normalized spacial score (nSPS) is 10.1. The lowest BCUT2D eigenvalue weighted by atomic mass is 10.4. The number of hydrogen-bond acceptors (Lipinski definition) is 6. The lowest BCUT2D eigenvalue weighted by molar-refractivity contribution is 0.0448. The summed E-state index contributed by atoms with van der Waals surface area (Å²) in [5.74, 6) is -0.0579. The van der Waals surface area contributed by atoms with E-state index in [1.54, 1.807) is 17.5 Å². The number of esters is 1. The van der Waals surface area contributed by atoms with Gasteiger partial charge in [-0.05, 0) is 11.4 Å². The number of thiophene rings is 1. The molecule has 2 aromatic rings. The minimum Gasteiger partial charge on any atom is -0.490 e. The van der Waals surface area contributed by atoms with E-state index in [1.165, 1.54) is 30.8 Å². The van der Waals surface area contributed by atoms with E-state index in [4.69, 9.17) is 13.9 Å². The molecule has 2 heterocycles. The first-order valence-electron chi connectivity index (χ1n) is 5.07. The lowest BCUT2D eigenvalue weighted by Gasteiger charge is -2.03. The summed E-state index contributed by atoms with van der Waals surface area (Å²) in [6, 6.07) is 4.66. The molecule has 0 spiro atoms. The highest BCUT2D eigenvalue weighted by molar-refractivity contribution is 7.11. The number of rotatable bonds is 4. The highest BCUT2D eigenvalue weighted by Gasteiger charge is 2.10. The molecule has 0 bridgehead atoms. The van der Waals surface area contributed by atoms with Crippen LogP contribution in [0.15, 0.2) is 39.1 Å². The summed E-state index contributed by atoms with van der Waals surface area (Å²) in [5.41, 5.74) is -0.314. The summed E-state index contributed by atoms with van der Waals surface area (Å²) in [7, 11) is 1.38. The van der Waals surface area contributed by atoms with Crippen molar-refractivity contribution in [3.63, 3.8) is 0 Å². The van der Waals surface area contributed by atoms with Gasteiger partial charge in [-0.1, -0.05) is 6.07 Å². The molecule has 0 radical (unpaired) electrons. The Hall–Kier alpha value is -2.08. The SMILES string of the molecule is COc1coc(COC(=O)c2cccs2)cc1=O. The first kappa shape index (κ1) is 12.4. The Labute approximate surface area is 107 Å². The fourth-order valence-electron chi connectivity index (χ4n) is 1.27. The Balaban J connectivity index is 2.00. The van der Waals surface area contributed by atoms with Crippen molar-refractivity contribution in [3.8, 4) is 5.75 Å². The average Bonchev–Trinajstić information content (AvgIpc) is 2.90. The molecule has 2 aromatic heterocycles. The number of hydrogen-bond donors (Lipinski definition) is 0. The van der Waals surface area contributed by atoms with Gasteiger partial charge in [-0.3, -0.25) is 4.79 Å². The van der Waals surface area contributed by atoms with Crippen molar-refractivity contribution < 1.29 is 18.7 Å². The fraction of sp³-hybridized carbons (Fsp3) is 0.167. The van der Waals surface area contributed by atoms with Crippen LogP contribution in [0.3, 0.4) is 0 Å². The second-order valence-corrected chi connectivity index (χ2v) is 4.28. The molecule has 0 aliphatic heterocycles. The van der Waals surface area contributed by atoms with E-state index in [9.17, 15) is 9.59 Å². The average molecular weight is 266 g/mol. The predicted molar refractivity (Wildman–Crippen MR) is 65.0 cm³/mol. The van der Waals surface area contributed by atoms with E-state index < -0.39 is 5.97 Å². The van der Waals surface area contributed by atoms with Crippen LogP contribution in [-0.4, -0.2) is 13.1 Å². The Morgan fingerprint density at radius 2 is 2.33 bits per heavy atom. The smallest absolute Gasteiger partial charge is 0.348 e. The van der Waals surface area contributed by atoms with Crippen molar-refractivity contribution in [1.29, 1.82) is 0 Å². The van der Waals surface area contributed by atoms with Gasteiger partial charge in [-0.15, -0.1) is 11.3 Å². The summed E-state index contributed by atoms with van der Waals surface area (Å²) in [6.07, 6.45) is 1.19. The summed E-state index contributed by atoms with van der Waals surface area (Å²) < 4.78 is 14.9. The van der Waals surface area contributed by atoms with Crippen molar-refractivity contribution in [2.75, 3.05) is 7.11 Å². The number of ether oxygens (including phenoxy) is 2. The van der Waals surface area contributed by atoms with Gasteiger partial charge in [0.25, 0.3) is 0 Å². The molecule has 0 saturated heterocycles. The van der Waals surface area contributed by atoms with Crippen LogP contribution in [0.5, 0.6) is 5.75 Å². The third-order valence-corrected chi connectivity index (χ3v) is 2.99. The molecule has 0 fully saturated rings. The van der Waals surface area contributed by atoms with Crippen LogP contribution in [0.4, 0.5) is 0 Å². The van der Waals surface area contributed by atoms with Gasteiger partial charge >= 0.3 is 5.97 Å². The molecule has 0 unspecified atom stereocenters. The van der Waals surface area contributed by atoms with Crippen LogP contribution < -0.4 is 10.2 Å². The Morgan fingerprint density at radius 3 is 2.94 bits per heavy atom. The predicted octanol–water partition coefficient (Wildman–Crippen LogP) is 2.07. The summed E-state index contributed by atoms with van der Waals surface area (Å²) in [4.78, 5) is 23.5. The van der Waals surface area contributed by atoms with Crippen LogP contribution in [0.2, 0.25) is 0 Å². The largest absolute Gasteiger partial charge is 0.490 e. The van der Waals surface area contributed by atoms with E-state index in [-0.39, 0.29) is 23.5 Å². The fourth-order valence-corrected chi connectivity index (χ4v) is 1.88. The zero-order valence-corrected chi connectivity index (χ0v) is 10.4. The van der Waals surface area contributed by atoms with E-state index >= 15 is 0 Å². The third kappa shape index (κ3) is 2.78. The maximum atomic E-state index is 11.5. The minimum atomic E-state index is -0.441. The molecule has 0 aliphatic carbocycles. The van der Waals surface area contributed by atoms with Crippen molar-refractivity contribution in [2.45, 2.75) is 6.61 Å². The standard InChI is InChI=1S/C12H10O5S/c1-15-10-7-16-8(5-9(10)13)6-17-12(14)11-3-2-4-18-11/h2-5,7H,6H2,1H3. The molecular weight excluding hydrogens is 256 g/mol. The summed E-state index contributed by atoms with van der Waals surface area (Å²) in [5, 5.41) is 1.78. The van der Waals surface area contributed by atoms with E-state index in [0.717, 1.165) is 0 Å². The van der Waals surface area contributed by atoms with E-state index in [1.807, 2.05) is 0 Å². The lowest BCUT2D eigenvalue weighted by Crippen LogP contribution is -2.08. The molecular formula is C12H10O5S. The van der Waals surface area contributed by atoms with Gasteiger partial charge in [0.15, 0.2) is 0 Å². The van der Waals surface area contributed by atoms with Gasteiger partial charge in [0, 0.05) is 6.07 Å². The van der Waals surface area contributed by atoms with Gasteiger partial charge in [0.05, 0.1) is 7.11 Å². The van der Waals surface area contributed by atoms with Gasteiger partial charge in [-0.25, -0.2) is 4.79 Å². The Kier molecular flexibility index (Phi) is 3.78. The zero-order valence-electron chi connectivity index (χ0n) is 9.54. The van der Waals surface area contributed by atoms with Crippen molar-refractivity contribution in [3.05, 3.63) is 50.7 Å². The van der Waals surface area contributed by atoms with Gasteiger partial charge in [0.2, 0.25) is 11.2 Å². The maximum Gasteiger partial charge on any atom is 0.348 e. The van der Waals surface area contributed by atoms with Crippen LogP contribution in [0, 0.1) is 0 Å². The zero-order chi connectivity index (χ0) is 13.0. The van der Waals surface area contributed by atoms with Crippen molar-refractivity contribution in [2.24, 2.45) is 0 Å². The number of carbonyl (C=O) groups is 1. The monoisotopic (exact) mass is 266 g/mol. The maximum absolute atomic E-state index is 11.5. The third-order valence-electron chi connectivity index (χ3n) is 2.14. The summed E-state index contributed by atoms with van der Waals surface area (Å²) >= 11 is 1.29. The molecule has 0 aliphatic rings. The number of carbonyl (C=O) groups excluding carboxylic acids is 1. The first-order valence-corrected chi connectivity index (χ1v) is 5.95. The van der Waals surface area contributed by atoms with Crippen LogP contribution in [0.1, 0.15) is 15.4 Å². The number of methoxy groups -OCH3 is 1. The molecule has 94 valence electrons. The minimum absolute atomic E-state index is 0.0873. The first-order chi connectivity index (χ1) is 8.70. The second-order valence-electron chi connectivity index (χ2n) is 3.33. The van der Waals surface area contributed by atoms with E-state index in [0.29, 0.717) is 4.88 Å². The molecule has 0 atom stereocenters. The highest BCUT2D eigenvalue weighted by atomic mass is 32.1. The van der Waals surface area contributed by atoms with Crippen LogP contribution >= 0.6 is 11.3 Å².